The Bertz CT molecular complexity index is 1450. The predicted octanol–water partition coefficient (Wildman–Crippen LogP) is 5.16. The Morgan fingerprint density at radius 3 is 2.17 bits per heavy atom. The van der Waals surface area contributed by atoms with Gasteiger partial charge in [0.2, 0.25) is 17.7 Å². The van der Waals surface area contributed by atoms with E-state index in [1.54, 1.807) is 50.4 Å². The SMILES string of the molecule is CCC(C)C(C(CC(=O)N1CCCC1C(OC)C(C)C(=O)NC(COc1ccc(C(C)=O)cc1)Cc1ccccc1)OC)N(C)C(=O)[C@@H](NC)C(C)C. The van der Waals surface area contributed by atoms with Crippen LogP contribution in [0.3, 0.4) is 0 Å². The van der Waals surface area contributed by atoms with E-state index in [0.717, 1.165) is 18.4 Å². The zero-order valence-electron chi connectivity index (χ0n) is 33.6. The van der Waals surface area contributed by atoms with Gasteiger partial charge in [-0.05, 0) is 74.9 Å². The Hall–Kier alpha value is -3.80. The standard InChI is InChI=1S/C42H64N4O7/c1-11-28(4)39(45(8)42(50)38(43-7)27(2)3)36(51-9)25-37(48)46-23-15-18-35(46)40(52-10)29(5)41(49)44-33(24-31-16-13-12-14-17-31)26-53-34-21-19-32(20-22-34)30(6)47/h12-14,16-17,19-22,27-29,33,35-36,38-40,43H,11,15,18,23-26H2,1-10H3,(H,44,49)/t28?,29?,33?,35?,36?,38-,39?,40?/m0/s1. The molecule has 0 aromatic heterocycles. The third kappa shape index (κ3) is 11.8. The van der Waals surface area contributed by atoms with Crippen molar-refractivity contribution in [1.29, 1.82) is 0 Å². The lowest BCUT2D eigenvalue weighted by Gasteiger charge is -2.40. The molecule has 11 nitrogen and oxygen atoms in total. The van der Waals surface area contributed by atoms with Crippen LogP contribution in [0.4, 0.5) is 0 Å². The van der Waals surface area contributed by atoms with E-state index in [1.807, 2.05) is 63.1 Å². The van der Waals surface area contributed by atoms with Crippen molar-refractivity contribution in [1.82, 2.24) is 20.4 Å². The van der Waals surface area contributed by atoms with Crippen molar-refractivity contribution < 1.29 is 33.4 Å². The monoisotopic (exact) mass is 736 g/mol. The molecule has 3 amide bonds. The van der Waals surface area contributed by atoms with E-state index in [0.29, 0.717) is 30.7 Å². The number of nitrogens with one attached hydrogen (secondary N) is 2. The molecule has 2 N–H and O–H groups in total. The van der Waals surface area contributed by atoms with Crippen molar-refractivity contribution in [3.63, 3.8) is 0 Å². The molecule has 7 unspecified atom stereocenters. The minimum atomic E-state index is -0.573. The van der Waals surface area contributed by atoms with Crippen LogP contribution in [0.25, 0.3) is 0 Å². The summed E-state index contributed by atoms with van der Waals surface area (Å²) in [7, 11) is 6.80. The van der Waals surface area contributed by atoms with Gasteiger partial charge in [-0.1, -0.05) is 71.4 Å². The maximum Gasteiger partial charge on any atom is 0.240 e. The van der Waals surface area contributed by atoms with Crippen LogP contribution in [0.5, 0.6) is 5.75 Å². The van der Waals surface area contributed by atoms with E-state index in [9.17, 15) is 19.2 Å². The van der Waals surface area contributed by atoms with Gasteiger partial charge in [-0.15, -0.1) is 0 Å². The number of amides is 3. The van der Waals surface area contributed by atoms with Gasteiger partial charge >= 0.3 is 0 Å². The molecule has 0 radical (unpaired) electrons. The number of likely N-dealkylation sites (tertiary alicyclic amines) is 1. The topological polar surface area (TPSA) is 127 Å². The summed E-state index contributed by atoms with van der Waals surface area (Å²) >= 11 is 0. The Kier molecular flexibility index (Phi) is 17.4. The van der Waals surface area contributed by atoms with Crippen molar-refractivity contribution in [2.45, 2.75) is 110 Å². The fourth-order valence-electron chi connectivity index (χ4n) is 7.63. The van der Waals surface area contributed by atoms with Gasteiger partial charge in [0, 0.05) is 33.4 Å². The van der Waals surface area contributed by atoms with Crippen molar-refractivity contribution in [3.05, 3.63) is 65.7 Å². The number of ether oxygens (including phenoxy) is 3. The van der Waals surface area contributed by atoms with E-state index < -0.39 is 18.1 Å². The van der Waals surface area contributed by atoms with Gasteiger partial charge < -0.3 is 34.6 Å². The lowest BCUT2D eigenvalue weighted by Crippen LogP contribution is -2.56. The van der Waals surface area contributed by atoms with E-state index in [2.05, 4.69) is 24.5 Å². The summed E-state index contributed by atoms with van der Waals surface area (Å²) in [5.41, 5.74) is 1.66. The first-order valence-electron chi connectivity index (χ1n) is 19.1. The molecule has 53 heavy (non-hydrogen) atoms. The molecule has 8 atom stereocenters. The molecule has 1 aliphatic heterocycles. The van der Waals surface area contributed by atoms with Gasteiger partial charge in [-0.2, -0.15) is 0 Å². The number of rotatable bonds is 21. The number of likely N-dealkylation sites (N-methyl/N-ethyl adjacent to an activating group) is 2. The van der Waals surface area contributed by atoms with Crippen LogP contribution in [0, 0.1) is 17.8 Å². The number of methoxy groups -OCH3 is 2. The molecule has 0 bridgehead atoms. The van der Waals surface area contributed by atoms with Crippen molar-refractivity contribution in [2.75, 3.05) is 41.5 Å². The second-order valence-electron chi connectivity index (χ2n) is 14.9. The number of hydrogen-bond acceptors (Lipinski definition) is 8. The highest BCUT2D eigenvalue weighted by atomic mass is 16.5. The first-order valence-corrected chi connectivity index (χ1v) is 19.1. The second-order valence-corrected chi connectivity index (χ2v) is 14.9. The van der Waals surface area contributed by atoms with Crippen LogP contribution in [0.15, 0.2) is 54.6 Å². The lowest BCUT2D eigenvalue weighted by molar-refractivity contribution is -0.147. The van der Waals surface area contributed by atoms with Crippen LogP contribution in [-0.2, 0) is 30.3 Å². The average molecular weight is 737 g/mol. The third-order valence-electron chi connectivity index (χ3n) is 10.9. The van der Waals surface area contributed by atoms with Gasteiger partial charge in [-0.25, -0.2) is 0 Å². The number of carbonyl (C=O) groups excluding carboxylic acids is 4. The molecule has 2 aromatic carbocycles. The van der Waals surface area contributed by atoms with E-state index in [4.69, 9.17) is 14.2 Å². The van der Waals surface area contributed by atoms with Gasteiger partial charge in [0.05, 0.1) is 48.7 Å². The summed E-state index contributed by atoms with van der Waals surface area (Å²) in [4.78, 5) is 57.0. The maximum absolute atomic E-state index is 14.1. The van der Waals surface area contributed by atoms with Gasteiger partial charge in [0.1, 0.15) is 12.4 Å². The number of hydrogen-bond donors (Lipinski definition) is 2. The number of nitrogens with zero attached hydrogens (tertiary/aromatic N) is 2. The molecule has 3 rings (SSSR count). The summed E-state index contributed by atoms with van der Waals surface area (Å²) in [6.07, 6.45) is 1.91. The average Bonchev–Trinajstić information content (AvgIpc) is 3.64. The Balaban J connectivity index is 1.76. The minimum absolute atomic E-state index is 0.0205. The minimum Gasteiger partial charge on any atom is -0.491 e. The van der Waals surface area contributed by atoms with E-state index in [1.165, 1.54) is 6.92 Å². The predicted molar refractivity (Wildman–Crippen MR) is 208 cm³/mol. The molecule has 1 aliphatic rings. The van der Waals surface area contributed by atoms with Crippen molar-refractivity contribution >= 4 is 23.5 Å². The molecular weight excluding hydrogens is 672 g/mol. The summed E-state index contributed by atoms with van der Waals surface area (Å²) in [6, 6.07) is 15.6. The lowest BCUT2D eigenvalue weighted by atomic mass is 9.89. The highest BCUT2D eigenvalue weighted by Gasteiger charge is 2.42. The molecule has 1 heterocycles. The number of carbonyl (C=O) groups is 4. The smallest absolute Gasteiger partial charge is 0.240 e. The highest BCUT2D eigenvalue weighted by molar-refractivity contribution is 5.94. The normalized spacial score (nSPS) is 18.4. The van der Waals surface area contributed by atoms with Crippen LogP contribution in [0.1, 0.15) is 83.1 Å². The molecule has 0 aliphatic carbocycles. The van der Waals surface area contributed by atoms with Gasteiger partial charge in [0.25, 0.3) is 0 Å². The molecule has 1 fully saturated rings. The highest BCUT2D eigenvalue weighted by Crippen LogP contribution is 2.30. The maximum atomic E-state index is 14.1. The second kappa shape index (κ2) is 21.2. The fraction of sp³-hybridized carbons (Fsp3) is 0.619. The molecule has 2 aromatic rings. The number of benzene rings is 2. The van der Waals surface area contributed by atoms with Crippen LogP contribution in [0.2, 0.25) is 0 Å². The van der Waals surface area contributed by atoms with Crippen LogP contribution in [-0.4, -0.2) is 111 Å². The summed E-state index contributed by atoms with van der Waals surface area (Å²) in [5, 5.41) is 6.36. The molecular formula is C42H64N4O7. The van der Waals surface area contributed by atoms with Crippen molar-refractivity contribution in [3.8, 4) is 5.75 Å². The molecule has 0 spiro atoms. The first kappa shape index (κ1) is 43.6. The zero-order valence-corrected chi connectivity index (χ0v) is 33.6. The fourth-order valence-corrected chi connectivity index (χ4v) is 7.63. The van der Waals surface area contributed by atoms with Crippen LogP contribution < -0.4 is 15.4 Å². The largest absolute Gasteiger partial charge is 0.491 e. The summed E-state index contributed by atoms with van der Waals surface area (Å²) < 4.78 is 18.1. The molecule has 11 heteroatoms. The molecule has 1 saturated heterocycles. The molecule has 0 saturated carbocycles. The summed E-state index contributed by atoms with van der Waals surface area (Å²) in [5.74, 6) is -0.104. The van der Waals surface area contributed by atoms with Gasteiger partial charge in [0.15, 0.2) is 5.78 Å². The van der Waals surface area contributed by atoms with E-state index in [-0.39, 0.29) is 72.5 Å². The number of Topliss-reactive ketones (excluding diaryl/α,β-unsaturated/α-hetero) is 1. The summed E-state index contributed by atoms with van der Waals surface area (Å²) in [6.45, 7) is 12.3. The quantitative estimate of drug-likeness (QED) is 0.169. The first-order chi connectivity index (χ1) is 25.3. The zero-order chi connectivity index (χ0) is 39.2. The third-order valence-corrected chi connectivity index (χ3v) is 10.9. The number of ketones is 1. The Labute approximate surface area is 317 Å². The van der Waals surface area contributed by atoms with E-state index >= 15 is 0 Å². The Morgan fingerprint density at radius 1 is 0.962 bits per heavy atom. The van der Waals surface area contributed by atoms with Gasteiger partial charge in [-0.3, -0.25) is 19.2 Å². The molecule has 294 valence electrons. The van der Waals surface area contributed by atoms with Crippen molar-refractivity contribution in [2.24, 2.45) is 17.8 Å². The van der Waals surface area contributed by atoms with Crippen LogP contribution >= 0.6 is 0 Å². The Morgan fingerprint density at radius 2 is 1.62 bits per heavy atom.